The lowest BCUT2D eigenvalue weighted by Gasteiger charge is -2.20. The standard InChI is InChI=1S/C12H12Br2O/c1-15-9-5-6-10-8(7-9)3-2-4-11(10)12(13)14/h5-7H,2-4H2,1H3. The zero-order valence-electron chi connectivity index (χ0n) is 8.52. The van der Waals surface area contributed by atoms with Gasteiger partial charge in [-0.05, 0) is 80.0 Å². The van der Waals surface area contributed by atoms with Crippen LogP contribution >= 0.6 is 31.9 Å². The summed E-state index contributed by atoms with van der Waals surface area (Å²) in [5.41, 5.74) is 4.08. The van der Waals surface area contributed by atoms with E-state index in [9.17, 15) is 0 Å². The van der Waals surface area contributed by atoms with Gasteiger partial charge in [-0.25, -0.2) is 0 Å². The van der Waals surface area contributed by atoms with Crippen LogP contribution in [0, 0.1) is 0 Å². The maximum absolute atomic E-state index is 5.24. The number of hydrogen-bond donors (Lipinski definition) is 0. The lowest BCUT2D eigenvalue weighted by atomic mass is 9.88. The van der Waals surface area contributed by atoms with Gasteiger partial charge in [-0.1, -0.05) is 6.07 Å². The van der Waals surface area contributed by atoms with Crippen LogP contribution in [0.2, 0.25) is 0 Å². The zero-order chi connectivity index (χ0) is 10.8. The summed E-state index contributed by atoms with van der Waals surface area (Å²) in [7, 11) is 1.71. The molecule has 0 radical (unpaired) electrons. The molecule has 0 amide bonds. The third kappa shape index (κ3) is 2.28. The van der Waals surface area contributed by atoms with Crippen molar-refractivity contribution in [2.24, 2.45) is 0 Å². The van der Waals surface area contributed by atoms with E-state index in [1.54, 1.807) is 7.11 Å². The van der Waals surface area contributed by atoms with Gasteiger partial charge in [-0.2, -0.15) is 0 Å². The van der Waals surface area contributed by atoms with Crippen molar-refractivity contribution in [1.82, 2.24) is 0 Å². The summed E-state index contributed by atoms with van der Waals surface area (Å²) in [6.07, 6.45) is 3.48. The lowest BCUT2D eigenvalue weighted by molar-refractivity contribution is 0.414. The SMILES string of the molecule is COc1ccc2c(c1)CCCC2=C(Br)Br. The molecule has 1 aliphatic rings. The second-order valence-corrected chi connectivity index (χ2v) is 6.27. The molecule has 1 aliphatic carbocycles. The van der Waals surface area contributed by atoms with Gasteiger partial charge in [0.1, 0.15) is 5.75 Å². The predicted molar refractivity (Wildman–Crippen MR) is 70.7 cm³/mol. The first kappa shape index (κ1) is 11.2. The molecular formula is C12H12Br2O. The van der Waals surface area contributed by atoms with Crippen LogP contribution in [0.4, 0.5) is 0 Å². The molecule has 0 N–H and O–H groups in total. The average Bonchev–Trinajstić information content (AvgIpc) is 2.27. The van der Waals surface area contributed by atoms with Crippen molar-refractivity contribution in [3.63, 3.8) is 0 Å². The van der Waals surface area contributed by atoms with Gasteiger partial charge >= 0.3 is 0 Å². The number of methoxy groups -OCH3 is 1. The fourth-order valence-corrected chi connectivity index (χ4v) is 2.81. The number of allylic oxidation sites excluding steroid dienone is 1. The highest BCUT2D eigenvalue weighted by atomic mass is 79.9. The van der Waals surface area contributed by atoms with Gasteiger partial charge in [-0.3, -0.25) is 0 Å². The number of rotatable bonds is 1. The van der Waals surface area contributed by atoms with Crippen molar-refractivity contribution in [2.45, 2.75) is 19.3 Å². The van der Waals surface area contributed by atoms with Crippen molar-refractivity contribution in [3.8, 4) is 5.75 Å². The monoisotopic (exact) mass is 330 g/mol. The first-order valence-corrected chi connectivity index (χ1v) is 6.52. The summed E-state index contributed by atoms with van der Waals surface area (Å²) in [6.45, 7) is 0. The summed E-state index contributed by atoms with van der Waals surface area (Å²) >= 11 is 7.01. The Morgan fingerprint density at radius 2 is 2.07 bits per heavy atom. The Bertz CT molecular complexity index is 406. The van der Waals surface area contributed by atoms with E-state index in [-0.39, 0.29) is 0 Å². The quantitative estimate of drug-likeness (QED) is 0.736. The van der Waals surface area contributed by atoms with Crippen LogP contribution in [0.5, 0.6) is 5.75 Å². The van der Waals surface area contributed by atoms with E-state index in [0.717, 1.165) is 22.0 Å². The molecule has 0 atom stereocenters. The number of benzene rings is 1. The van der Waals surface area contributed by atoms with Crippen LogP contribution in [0.3, 0.4) is 0 Å². The second kappa shape index (κ2) is 4.71. The van der Waals surface area contributed by atoms with Gasteiger partial charge in [0, 0.05) is 0 Å². The van der Waals surface area contributed by atoms with Crippen molar-refractivity contribution in [1.29, 1.82) is 0 Å². The van der Waals surface area contributed by atoms with E-state index >= 15 is 0 Å². The van der Waals surface area contributed by atoms with E-state index < -0.39 is 0 Å². The molecule has 2 rings (SSSR count). The normalized spacial score (nSPS) is 14.7. The van der Waals surface area contributed by atoms with Crippen LogP contribution in [-0.2, 0) is 6.42 Å². The van der Waals surface area contributed by atoms with Gasteiger partial charge in [-0.15, -0.1) is 0 Å². The molecule has 15 heavy (non-hydrogen) atoms. The molecule has 0 fully saturated rings. The number of ether oxygens (including phenoxy) is 1. The maximum Gasteiger partial charge on any atom is 0.119 e. The topological polar surface area (TPSA) is 9.23 Å². The second-order valence-electron chi connectivity index (χ2n) is 3.62. The summed E-state index contributed by atoms with van der Waals surface area (Å²) in [5.74, 6) is 0.945. The Hall–Kier alpha value is -0.280. The fourth-order valence-electron chi connectivity index (χ4n) is 1.98. The van der Waals surface area contributed by atoms with Crippen LogP contribution in [-0.4, -0.2) is 7.11 Å². The molecule has 0 unspecified atom stereocenters. The first-order valence-electron chi connectivity index (χ1n) is 4.94. The minimum atomic E-state index is 0.945. The van der Waals surface area contributed by atoms with Gasteiger partial charge in [0.05, 0.1) is 10.5 Å². The Kier molecular flexibility index (Phi) is 3.52. The number of aryl methyl sites for hydroxylation is 1. The van der Waals surface area contributed by atoms with Crippen LogP contribution in [0.25, 0.3) is 5.57 Å². The van der Waals surface area contributed by atoms with Crippen LogP contribution in [0.15, 0.2) is 21.6 Å². The van der Waals surface area contributed by atoms with Gasteiger partial charge in [0.15, 0.2) is 0 Å². The molecule has 1 nitrogen and oxygen atoms in total. The maximum atomic E-state index is 5.24. The molecule has 1 aromatic rings. The minimum absolute atomic E-state index is 0.945. The molecule has 0 aliphatic heterocycles. The Labute approximate surface area is 107 Å². The summed E-state index contributed by atoms with van der Waals surface area (Å²) < 4.78 is 6.31. The van der Waals surface area contributed by atoms with Crippen molar-refractivity contribution >= 4 is 37.4 Å². The highest BCUT2D eigenvalue weighted by molar-refractivity contribution is 9.28. The van der Waals surface area contributed by atoms with E-state index in [1.807, 2.05) is 6.07 Å². The smallest absolute Gasteiger partial charge is 0.119 e. The molecule has 0 spiro atoms. The molecule has 0 heterocycles. The zero-order valence-corrected chi connectivity index (χ0v) is 11.7. The molecule has 1 aromatic carbocycles. The lowest BCUT2D eigenvalue weighted by Crippen LogP contribution is -2.02. The number of fused-ring (bicyclic) bond motifs is 1. The number of hydrogen-bond acceptors (Lipinski definition) is 1. The molecule has 80 valence electrons. The van der Waals surface area contributed by atoms with E-state index in [4.69, 9.17) is 4.74 Å². The number of halogens is 2. The molecule has 0 aromatic heterocycles. The Morgan fingerprint density at radius 3 is 2.73 bits per heavy atom. The predicted octanol–water partition coefficient (Wildman–Crippen LogP) is 4.49. The molecule has 0 bridgehead atoms. The Balaban J connectivity index is 2.50. The molecular weight excluding hydrogens is 320 g/mol. The highest BCUT2D eigenvalue weighted by Gasteiger charge is 2.16. The van der Waals surface area contributed by atoms with Gasteiger partial charge < -0.3 is 4.74 Å². The molecule has 0 saturated carbocycles. The summed E-state index contributed by atoms with van der Waals surface area (Å²) in [4.78, 5) is 0. The van der Waals surface area contributed by atoms with E-state index in [0.29, 0.717) is 0 Å². The van der Waals surface area contributed by atoms with Gasteiger partial charge in [0.2, 0.25) is 0 Å². The van der Waals surface area contributed by atoms with Crippen LogP contribution < -0.4 is 4.74 Å². The van der Waals surface area contributed by atoms with E-state index in [2.05, 4.69) is 44.0 Å². The van der Waals surface area contributed by atoms with Crippen molar-refractivity contribution in [2.75, 3.05) is 7.11 Å². The Morgan fingerprint density at radius 1 is 1.27 bits per heavy atom. The molecule has 3 heteroatoms. The highest BCUT2D eigenvalue weighted by Crippen LogP contribution is 2.38. The third-order valence-corrected chi connectivity index (χ3v) is 3.70. The average molecular weight is 332 g/mol. The summed E-state index contributed by atoms with van der Waals surface area (Å²) in [5, 5.41) is 0. The fraction of sp³-hybridized carbons (Fsp3) is 0.333. The third-order valence-electron chi connectivity index (χ3n) is 2.74. The molecule has 0 saturated heterocycles. The minimum Gasteiger partial charge on any atom is -0.497 e. The van der Waals surface area contributed by atoms with Crippen molar-refractivity contribution in [3.05, 3.63) is 32.7 Å². The largest absolute Gasteiger partial charge is 0.497 e. The van der Waals surface area contributed by atoms with Gasteiger partial charge in [0.25, 0.3) is 0 Å². The first-order chi connectivity index (χ1) is 7.22. The van der Waals surface area contributed by atoms with Crippen LogP contribution in [0.1, 0.15) is 24.0 Å². The summed E-state index contributed by atoms with van der Waals surface area (Å²) in [6, 6.07) is 6.30. The van der Waals surface area contributed by atoms with Crippen molar-refractivity contribution < 1.29 is 4.74 Å². The van der Waals surface area contributed by atoms with E-state index in [1.165, 1.54) is 23.1 Å².